The molecule has 1 fully saturated rings. The molecule has 1 unspecified atom stereocenters. The first kappa shape index (κ1) is 13.4. The molecular formula is C16H22N2O2. The van der Waals surface area contributed by atoms with Crippen LogP contribution >= 0.6 is 0 Å². The lowest BCUT2D eigenvalue weighted by Crippen LogP contribution is -2.54. The molecule has 4 heteroatoms. The van der Waals surface area contributed by atoms with Crippen molar-refractivity contribution < 1.29 is 9.53 Å². The summed E-state index contributed by atoms with van der Waals surface area (Å²) in [6.45, 7) is 3.73. The number of carbonyl (C=O) groups excluding carboxylic acids is 1. The summed E-state index contributed by atoms with van der Waals surface area (Å²) in [5, 5.41) is 3.37. The molecule has 1 atom stereocenters. The Bertz CT molecular complexity index is 507. The van der Waals surface area contributed by atoms with E-state index >= 15 is 0 Å². The molecule has 20 heavy (non-hydrogen) atoms. The van der Waals surface area contributed by atoms with Crippen molar-refractivity contribution in [2.75, 3.05) is 25.1 Å². The third-order valence-corrected chi connectivity index (χ3v) is 4.49. The van der Waals surface area contributed by atoms with Crippen LogP contribution in [0.1, 0.15) is 31.7 Å². The molecule has 2 heterocycles. The Balaban J connectivity index is 1.99. The summed E-state index contributed by atoms with van der Waals surface area (Å²) in [4.78, 5) is 14.9. The average Bonchev–Trinajstić information content (AvgIpc) is 2.93. The highest BCUT2D eigenvalue weighted by atomic mass is 16.5. The summed E-state index contributed by atoms with van der Waals surface area (Å²) >= 11 is 0. The van der Waals surface area contributed by atoms with Crippen molar-refractivity contribution in [3.05, 3.63) is 23.8 Å². The summed E-state index contributed by atoms with van der Waals surface area (Å²) in [6, 6.07) is 6.04. The van der Waals surface area contributed by atoms with E-state index in [0.29, 0.717) is 0 Å². The van der Waals surface area contributed by atoms with Gasteiger partial charge in [0, 0.05) is 6.54 Å². The first-order valence-corrected chi connectivity index (χ1v) is 7.38. The molecule has 0 aromatic heterocycles. The van der Waals surface area contributed by atoms with Gasteiger partial charge in [-0.05, 0) is 50.8 Å². The van der Waals surface area contributed by atoms with E-state index in [1.807, 2.05) is 24.0 Å². The molecule has 108 valence electrons. The largest absolute Gasteiger partial charge is 0.495 e. The van der Waals surface area contributed by atoms with Gasteiger partial charge in [0.2, 0.25) is 5.91 Å². The number of nitrogens with one attached hydrogen (secondary N) is 1. The maximum Gasteiger partial charge on any atom is 0.247 e. The van der Waals surface area contributed by atoms with Crippen LogP contribution in [0.3, 0.4) is 0 Å². The van der Waals surface area contributed by atoms with Crippen molar-refractivity contribution in [2.45, 2.75) is 38.1 Å². The van der Waals surface area contributed by atoms with E-state index in [9.17, 15) is 4.79 Å². The zero-order valence-electron chi connectivity index (χ0n) is 12.2. The molecule has 1 aromatic rings. The van der Waals surface area contributed by atoms with Crippen LogP contribution in [0.15, 0.2) is 18.2 Å². The molecule has 1 amide bonds. The Morgan fingerprint density at radius 2 is 2.25 bits per heavy atom. The summed E-state index contributed by atoms with van der Waals surface area (Å²) < 4.78 is 5.47. The molecule has 2 aliphatic heterocycles. The van der Waals surface area contributed by atoms with Gasteiger partial charge in [0.1, 0.15) is 5.75 Å². The number of hydrogen-bond acceptors (Lipinski definition) is 3. The van der Waals surface area contributed by atoms with Gasteiger partial charge in [0.15, 0.2) is 0 Å². The lowest BCUT2D eigenvalue weighted by molar-refractivity contribution is -0.124. The first-order chi connectivity index (χ1) is 9.65. The van der Waals surface area contributed by atoms with Gasteiger partial charge >= 0.3 is 0 Å². The molecule has 0 spiro atoms. The van der Waals surface area contributed by atoms with Crippen LogP contribution in [-0.2, 0) is 11.2 Å². The number of nitrogens with zero attached hydrogens (tertiary/aromatic N) is 1. The molecule has 0 aliphatic carbocycles. The second-order valence-corrected chi connectivity index (χ2v) is 5.89. The highest BCUT2D eigenvalue weighted by Gasteiger charge is 2.41. The molecule has 1 N–H and O–H groups in total. The van der Waals surface area contributed by atoms with E-state index < -0.39 is 5.54 Å². The summed E-state index contributed by atoms with van der Waals surface area (Å²) in [5.41, 5.74) is 1.77. The maximum atomic E-state index is 13.0. The maximum absolute atomic E-state index is 13.0. The van der Waals surface area contributed by atoms with Crippen molar-refractivity contribution in [2.24, 2.45) is 0 Å². The van der Waals surface area contributed by atoms with Gasteiger partial charge in [0.05, 0.1) is 18.3 Å². The van der Waals surface area contributed by atoms with E-state index in [1.54, 1.807) is 7.11 Å². The molecule has 0 radical (unpaired) electrons. The third-order valence-electron chi connectivity index (χ3n) is 4.49. The highest BCUT2D eigenvalue weighted by Crippen LogP contribution is 2.38. The summed E-state index contributed by atoms with van der Waals surface area (Å²) in [6.07, 6.45) is 4.00. The second-order valence-electron chi connectivity index (χ2n) is 5.89. The minimum Gasteiger partial charge on any atom is -0.495 e. The Kier molecular flexibility index (Phi) is 3.42. The monoisotopic (exact) mass is 274 g/mol. The first-order valence-electron chi connectivity index (χ1n) is 7.38. The zero-order chi connectivity index (χ0) is 14.2. The minimum absolute atomic E-state index is 0.181. The Morgan fingerprint density at radius 1 is 1.40 bits per heavy atom. The second kappa shape index (κ2) is 5.09. The number of rotatable bonds is 2. The number of carbonyl (C=O) groups is 1. The number of para-hydroxylation sites is 1. The SMILES string of the molecule is COc1cccc2c1N(C(=O)C1(C)CCCN1)CCC2. The van der Waals surface area contributed by atoms with Crippen LogP contribution < -0.4 is 15.0 Å². The number of amides is 1. The Hall–Kier alpha value is -1.55. The Labute approximate surface area is 120 Å². The number of ether oxygens (including phenoxy) is 1. The van der Waals surface area contributed by atoms with E-state index in [4.69, 9.17) is 4.74 Å². The van der Waals surface area contributed by atoms with E-state index in [1.165, 1.54) is 5.56 Å². The molecule has 2 aliphatic rings. The number of anilines is 1. The molecule has 0 saturated carbocycles. The van der Waals surface area contributed by atoms with Gasteiger partial charge in [0.25, 0.3) is 0 Å². The van der Waals surface area contributed by atoms with Gasteiger partial charge in [-0.1, -0.05) is 12.1 Å². The van der Waals surface area contributed by atoms with Crippen LogP contribution in [0.4, 0.5) is 5.69 Å². The van der Waals surface area contributed by atoms with E-state index in [0.717, 1.165) is 50.2 Å². The molecule has 3 rings (SSSR count). The van der Waals surface area contributed by atoms with Gasteiger partial charge in [-0.2, -0.15) is 0 Å². The van der Waals surface area contributed by atoms with Gasteiger partial charge in [-0.3, -0.25) is 4.79 Å². The average molecular weight is 274 g/mol. The smallest absolute Gasteiger partial charge is 0.247 e. The normalized spacial score (nSPS) is 25.4. The predicted molar refractivity (Wildman–Crippen MR) is 79.3 cm³/mol. The van der Waals surface area contributed by atoms with Crippen molar-refractivity contribution in [3.63, 3.8) is 0 Å². The van der Waals surface area contributed by atoms with Crippen LogP contribution in [0.2, 0.25) is 0 Å². The van der Waals surface area contributed by atoms with Crippen LogP contribution in [0.5, 0.6) is 5.75 Å². The van der Waals surface area contributed by atoms with Crippen molar-refractivity contribution in [1.29, 1.82) is 0 Å². The van der Waals surface area contributed by atoms with Crippen LogP contribution in [-0.4, -0.2) is 31.6 Å². The van der Waals surface area contributed by atoms with Gasteiger partial charge in [-0.15, -0.1) is 0 Å². The molecule has 1 saturated heterocycles. The van der Waals surface area contributed by atoms with E-state index in [2.05, 4.69) is 11.4 Å². The number of methoxy groups -OCH3 is 1. The minimum atomic E-state index is -0.421. The lowest BCUT2D eigenvalue weighted by atomic mass is 9.94. The molecule has 1 aromatic carbocycles. The molecular weight excluding hydrogens is 252 g/mol. The van der Waals surface area contributed by atoms with Crippen molar-refractivity contribution in [3.8, 4) is 5.75 Å². The number of benzene rings is 1. The van der Waals surface area contributed by atoms with E-state index in [-0.39, 0.29) is 5.91 Å². The quantitative estimate of drug-likeness (QED) is 0.898. The molecule has 0 bridgehead atoms. The predicted octanol–water partition coefficient (Wildman–Crippen LogP) is 2.12. The third kappa shape index (κ3) is 2.08. The Morgan fingerprint density at radius 3 is 2.95 bits per heavy atom. The fraction of sp³-hybridized carbons (Fsp3) is 0.562. The summed E-state index contributed by atoms with van der Waals surface area (Å²) in [5.74, 6) is 0.984. The van der Waals surface area contributed by atoms with Crippen molar-refractivity contribution in [1.82, 2.24) is 5.32 Å². The van der Waals surface area contributed by atoms with Crippen LogP contribution in [0.25, 0.3) is 0 Å². The highest BCUT2D eigenvalue weighted by molar-refractivity contribution is 6.02. The number of aryl methyl sites for hydroxylation is 1. The zero-order valence-corrected chi connectivity index (χ0v) is 12.2. The fourth-order valence-corrected chi connectivity index (χ4v) is 3.36. The molecule has 4 nitrogen and oxygen atoms in total. The topological polar surface area (TPSA) is 41.6 Å². The lowest BCUT2D eigenvalue weighted by Gasteiger charge is -2.36. The van der Waals surface area contributed by atoms with Crippen LogP contribution in [0, 0.1) is 0 Å². The standard InChI is InChI=1S/C16H22N2O2/c1-16(9-5-10-17-16)15(19)18-11-4-7-12-6-3-8-13(20-2)14(12)18/h3,6,8,17H,4-5,7,9-11H2,1-2H3. The van der Waals surface area contributed by atoms with Gasteiger partial charge in [-0.25, -0.2) is 0 Å². The summed E-state index contributed by atoms with van der Waals surface area (Å²) in [7, 11) is 1.67. The van der Waals surface area contributed by atoms with Crippen molar-refractivity contribution >= 4 is 11.6 Å². The van der Waals surface area contributed by atoms with Gasteiger partial charge < -0.3 is 15.0 Å². The number of hydrogen-bond donors (Lipinski definition) is 1. The fourth-order valence-electron chi connectivity index (χ4n) is 3.36. The number of fused-ring (bicyclic) bond motifs is 1.